The third-order valence-corrected chi connectivity index (χ3v) is 4.08. The Kier molecular flexibility index (Phi) is 5.98. The van der Waals surface area contributed by atoms with Crippen LogP contribution in [0.5, 0.6) is 0 Å². The number of carbonyl (C=O) groups is 1. The molecule has 0 aliphatic heterocycles. The van der Waals surface area contributed by atoms with Crippen LogP contribution in [0.15, 0.2) is 30.3 Å². The summed E-state index contributed by atoms with van der Waals surface area (Å²) in [6.45, 7) is 7.41. The molecule has 2 nitrogen and oxygen atoms in total. The molecule has 1 aromatic rings. The van der Waals surface area contributed by atoms with Crippen LogP contribution in [-0.4, -0.2) is 21.2 Å². The Morgan fingerprint density at radius 1 is 1.24 bits per heavy atom. The first kappa shape index (κ1) is 14.0. The summed E-state index contributed by atoms with van der Waals surface area (Å²) in [4.78, 5) is 13.8. The van der Waals surface area contributed by atoms with Crippen molar-refractivity contribution in [3.05, 3.63) is 30.3 Å². The third kappa shape index (κ3) is 4.73. The molecule has 0 heterocycles. The largest absolute Gasteiger partial charge is 0.312 e. The van der Waals surface area contributed by atoms with Crippen LogP contribution in [0.25, 0.3) is 0 Å². The van der Waals surface area contributed by atoms with Gasteiger partial charge in [-0.15, -0.1) is 0 Å². The van der Waals surface area contributed by atoms with Gasteiger partial charge in [0, 0.05) is 27.4 Å². The Bertz CT molecular complexity index is 337. The van der Waals surface area contributed by atoms with Crippen LogP contribution in [0.2, 0.25) is 19.1 Å². The molecule has 3 heteroatoms. The van der Waals surface area contributed by atoms with Gasteiger partial charge in [0.1, 0.15) is 0 Å². The summed E-state index contributed by atoms with van der Waals surface area (Å²) in [7, 11) is -0.182. The van der Waals surface area contributed by atoms with Crippen molar-refractivity contribution in [3.8, 4) is 0 Å². The first-order valence-electron chi connectivity index (χ1n) is 6.29. The summed E-state index contributed by atoms with van der Waals surface area (Å²) in [5, 5.41) is 0. The Labute approximate surface area is 106 Å². The number of benzene rings is 1. The molecule has 0 atom stereocenters. The maximum atomic E-state index is 11.9. The lowest BCUT2D eigenvalue weighted by Crippen LogP contribution is -2.31. The van der Waals surface area contributed by atoms with E-state index in [0.717, 1.165) is 18.7 Å². The highest BCUT2D eigenvalue weighted by atomic mass is 28.3. The quantitative estimate of drug-likeness (QED) is 0.705. The van der Waals surface area contributed by atoms with Crippen molar-refractivity contribution in [2.75, 3.05) is 11.4 Å². The SMILES string of the molecule is CCC(=O)N(CCC[Si](C)C)c1ccccc1. The highest BCUT2D eigenvalue weighted by molar-refractivity contribution is 6.55. The minimum absolute atomic E-state index is 0.182. The molecule has 17 heavy (non-hydrogen) atoms. The van der Waals surface area contributed by atoms with Crippen LogP contribution >= 0.6 is 0 Å². The maximum Gasteiger partial charge on any atom is 0.226 e. The van der Waals surface area contributed by atoms with Crippen LogP contribution in [0.3, 0.4) is 0 Å². The lowest BCUT2D eigenvalue weighted by Gasteiger charge is -2.22. The summed E-state index contributed by atoms with van der Waals surface area (Å²) >= 11 is 0. The van der Waals surface area contributed by atoms with E-state index in [0.29, 0.717) is 6.42 Å². The Morgan fingerprint density at radius 3 is 2.41 bits per heavy atom. The van der Waals surface area contributed by atoms with E-state index in [1.54, 1.807) is 0 Å². The lowest BCUT2D eigenvalue weighted by atomic mass is 10.2. The van der Waals surface area contributed by atoms with E-state index in [1.165, 1.54) is 6.04 Å². The molecule has 1 amide bonds. The average Bonchev–Trinajstić information content (AvgIpc) is 2.34. The smallest absolute Gasteiger partial charge is 0.226 e. The standard InChI is InChI=1S/C14H22NOSi/c1-4-14(16)15(11-8-12-17(2)3)13-9-6-5-7-10-13/h5-7,9-10H,4,8,11-12H2,1-3H3. The number of hydrogen-bond acceptors (Lipinski definition) is 1. The molecule has 1 aromatic carbocycles. The maximum absolute atomic E-state index is 11.9. The number of carbonyl (C=O) groups excluding carboxylic acids is 1. The zero-order valence-corrected chi connectivity index (χ0v) is 12.1. The summed E-state index contributed by atoms with van der Waals surface area (Å²) in [6, 6.07) is 11.2. The molecule has 0 aliphatic rings. The molecule has 0 saturated heterocycles. The van der Waals surface area contributed by atoms with Crippen LogP contribution in [-0.2, 0) is 4.79 Å². The monoisotopic (exact) mass is 248 g/mol. The molecule has 1 rings (SSSR count). The average molecular weight is 248 g/mol. The predicted octanol–water partition coefficient (Wildman–Crippen LogP) is 3.57. The second-order valence-corrected chi connectivity index (χ2v) is 7.46. The van der Waals surface area contributed by atoms with Gasteiger partial charge in [-0.1, -0.05) is 44.3 Å². The van der Waals surface area contributed by atoms with Crippen molar-refractivity contribution in [1.82, 2.24) is 0 Å². The van der Waals surface area contributed by atoms with E-state index in [-0.39, 0.29) is 14.7 Å². The van der Waals surface area contributed by atoms with Gasteiger partial charge in [-0.2, -0.15) is 0 Å². The first-order valence-corrected chi connectivity index (χ1v) is 9.00. The van der Waals surface area contributed by atoms with Gasteiger partial charge in [-0.25, -0.2) is 0 Å². The second-order valence-electron chi connectivity index (χ2n) is 4.55. The molecule has 0 N–H and O–H groups in total. The lowest BCUT2D eigenvalue weighted by molar-refractivity contribution is -0.118. The molecule has 0 saturated carbocycles. The van der Waals surface area contributed by atoms with E-state index in [4.69, 9.17) is 0 Å². The summed E-state index contributed by atoms with van der Waals surface area (Å²) in [5.74, 6) is 0.220. The Morgan fingerprint density at radius 2 is 1.88 bits per heavy atom. The summed E-state index contributed by atoms with van der Waals surface area (Å²) in [5.41, 5.74) is 1.03. The molecule has 0 unspecified atom stereocenters. The number of para-hydroxylation sites is 1. The van der Waals surface area contributed by atoms with E-state index >= 15 is 0 Å². The highest BCUT2D eigenvalue weighted by Crippen LogP contribution is 2.15. The van der Waals surface area contributed by atoms with Crippen LogP contribution in [0.1, 0.15) is 19.8 Å². The van der Waals surface area contributed by atoms with Gasteiger partial charge in [-0.3, -0.25) is 4.79 Å². The number of hydrogen-bond donors (Lipinski definition) is 0. The summed E-state index contributed by atoms with van der Waals surface area (Å²) in [6.07, 6.45) is 1.69. The molecular formula is C14H22NOSi. The predicted molar refractivity (Wildman–Crippen MR) is 76.0 cm³/mol. The van der Waals surface area contributed by atoms with Crippen molar-refractivity contribution in [1.29, 1.82) is 0 Å². The van der Waals surface area contributed by atoms with Gasteiger partial charge in [0.15, 0.2) is 0 Å². The number of anilines is 1. The zero-order valence-electron chi connectivity index (χ0n) is 11.1. The van der Waals surface area contributed by atoms with Gasteiger partial charge in [-0.05, 0) is 18.6 Å². The third-order valence-electron chi connectivity index (χ3n) is 2.73. The minimum atomic E-state index is -0.182. The molecule has 0 fully saturated rings. The fraction of sp³-hybridized carbons (Fsp3) is 0.500. The topological polar surface area (TPSA) is 20.3 Å². The molecule has 1 radical (unpaired) electrons. The van der Waals surface area contributed by atoms with Gasteiger partial charge >= 0.3 is 0 Å². The van der Waals surface area contributed by atoms with Crippen molar-refractivity contribution in [3.63, 3.8) is 0 Å². The van der Waals surface area contributed by atoms with E-state index in [1.807, 2.05) is 42.2 Å². The fourth-order valence-electron chi connectivity index (χ4n) is 1.79. The molecule has 93 valence electrons. The van der Waals surface area contributed by atoms with Gasteiger partial charge in [0.05, 0.1) is 0 Å². The van der Waals surface area contributed by atoms with E-state index in [9.17, 15) is 4.79 Å². The van der Waals surface area contributed by atoms with Crippen molar-refractivity contribution in [2.24, 2.45) is 0 Å². The molecule has 0 aliphatic carbocycles. The van der Waals surface area contributed by atoms with Crippen LogP contribution in [0.4, 0.5) is 5.69 Å². The second kappa shape index (κ2) is 7.28. The molecular weight excluding hydrogens is 226 g/mol. The summed E-state index contributed by atoms with van der Waals surface area (Å²) < 4.78 is 0. The highest BCUT2D eigenvalue weighted by Gasteiger charge is 2.13. The Balaban J connectivity index is 2.65. The van der Waals surface area contributed by atoms with Gasteiger partial charge in [0.25, 0.3) is 0 Å². The van der Waals surface area contributed by atoms with Crippen LogP contribution in [0, 0.1) is 0 Å². The van der Waals surface area contributed by atoms with Crippen molar-refractivity contribution < 1.29 is 4.79 Å². The van der Waals surface area contributed by atoms with Crippen molar-refractivity contribution >= 4 is 20.4 Å². The van der Waals surface area contributed by atoms with Crippen LogP contribution < -0.4 is 4.90 Å². The first-order chi connectivity index (χ1) is 8.15. The number of rotatable bonds is 6. The molecule has 0 aromatic heterocycles. The van der Waals surface area contributed by atoms with Gasteiger partial charge in [0.2, 0.25) is 5.91 Å². The minimum Gasteiger partial charge on any atom is -0.312 e. The van der Waals surface area contributed by atoms with E-state index in [2.05, 4.69) is 13.1 Å². The Hall–Kier alpha value is -1.09. The number of nitrogens with zero attached hydrogens (tertiary/aromatic N) is 1. The molecule has 0 spiro atoms. The number of amides is 1. The normalized spacial score (nSPS) is 10.6. The zero-order chi connectivity index (χ0) is 12.7. The van der Waals surface area contributed by atoms with Gasteiger partial charge < -0.3 is 4.90 Å². The van der Waals surface area contributed by atoms with E-state index < -0.39 is 0 Å². The molecule has 0 bridgehead atoms. The fourth-order valence-corrected chi connectivity index (χ4v) is 2.65. The van der Waals surface area contributed by atoms with Crippen molar-refractivity contribution in [2.45, 2.75) is 38.9 Å².